The van der Waals surface area contributed by atoms with Crippen LogP contribution < -0.4 is 0 Å². The van der Waals surface area contributed by atoms with E-state index in [2.05, 4.69) is 9.47 Å². The van der Waals surface area contributed by atoms with Gasteiger partial charge in [0, 0.05) is 4.88 Å². The predicted molar refractivity (Wildman–Crippen MR) is 78.4 cm³/mol. The first-order valence-corrected chi connectivity index (χ1v) is 7.26. The third kappa shape index (κ3) is 4.56. The molecule has 0 radical (unpaired) electrons. The van der Waals surface area contributed by atoms with Gasteiger partial charge in [0.1, 0.15) is 13.1 Å². The molecule has 1 aromatic heterocycles. The Morgan fingerprint density at radius 3 is 2.05 bits per heavy atom. The molecule has 0 aromatic carbocycles. The first kappa shape index (κ1) is 17.2. The van der Waals surface area contributed by atoms with Crippen molar-refractivity contribution in [2.24, 2.45) is 0 Å². The van der Waals surface area contributed by atoms with Crippen LogP contribution in [0.2, 0.25) is 0 Å². The van der Waals surface area contributed by atoms with Crippen molar-refractivity contribution in [3.63, 3.8) is 0 Å². The maximum atomic E-state index is 12.4. The summed E-state index contributed by atoms with van der Waals surface area (Å²) in [4.78, 5) is 38.0. The quantitative estimate of drug-likeness (QED) is 0.742. The summed E-state index contributed by atoms with van der Waals surface area (Å²) in [5.41, 5.74) is 1.03. The van der Waals surface area contributed by atoms with Gasteiger partial charge in [-0.3, -0.25) is 14.4 Å². The molecule has 0 fully saturated rings. The molecule has 0 saturated heterocycles. The van der Waals surface area contributed by atoms with Crippen LogP contribution >= 0.6 is 11.3 Å². The van der Waals surface area contributed by atoms with Gasteiger partial charge < -0.3 is 14.4 Å². The highest BCUT2D eigenvalue weighted by Gasteiger charge is 2.24. The molecular weight excluding hydrogens is 294 g/mol. The van der Waals surface area contributed by atoms with Gasteiger partial charge in [-0.2, -0.15) is 0 Å². The van der Waals surface area contributed by atoms with Gasteiger partial charge in [-0.05, 0) is 25.0 Å². The zero-order valence-electron chi connectivity index (χ0n) is 12.6. The normalized spacial score (nSPS) is 10.1. The Bertz CT molecular complexity index is 519. The van der Waals surface area contributed by atoms with Crippen molar-refractivity contribution < 1.29 is 23.9 Å². The highest BCUT2D eigenvalue weighted by atomic mass is 32.1. The standard InChI is InChI=1S/C14H19NO5S/c1-5-10-9(2)6-11(21-10)14(18)15(7-12(16)19-3)8-13(17)20-4/h6H,5,7-8H2,1-4H3. The van der Waals surface area contributed by atoms with Gasteiger partial charge in [0.05, 0.1) is 19.1 Å². The van der Waals surface area contributed by atoms with Gasteiger partial charge in [0.2, 0.25) is 0 Å². The van der Waals surface area contributed by atoms with Gasteiger partial charge in [-0.15, -0.1) is 11.3 Å². The van der Waals surface area contributed by atoms with Crippen molar-refractivity contribution in [2.75, 3.05) is 27.3 Å². The zero-order chi connectivity index (χ0) is 16.0. The Morgan fingerprint density at radius 1 is 1.14 bits per heavy atom. The number of hydrogen-bond acceptors (Lipinski definition) is 6. The summed E-state index contributed by atoms with van der Waals surface area (Å²) < 4.78 is 9.10. The third-order valence-electron chi connectivity index (χ3n) is 2.93. The maximum absolute atomic E-state index is 12.4. The van der Waals surface area contributed by atoms with E-state index in [-0.39, 0.29) is 19.0 Å². The number of nitrogens with zero attached hydrogens (tertiary/aromatic N) is 1. The SMILES string of the molecule is CCc1sc(C(=O)N(CC(=O)OC)CC(=O)OC)cc1C. The molecule has 6 nitrogen and oxygen atoms in total. The molecule has 0 aliphatic heterocycles. The minimum atomic E-state index is -0.587. The van der Waals surface area contributed by atoms with Crippen LogP contribution in [0.15, 0.2) is 6.07 Å². The topological polar surface area (TPSA) is 72.9 Å². The lowest BCUT2D eigenvalue weighted by Crippen LogP contribution is -2.39. The molecule has 0 unspecified atom stereocenters. The molecule has 1 heterocycles. The number of esters is 2. The number of thiophene rings is 1. The van der Waals surface area contributed by atoms with Crippen molar-refractivity contribution in [3.8, 4) is 0 Å². The van der Waals surface area contributed by atoms with E-state index < -0.39 is 11.9 Å². The summed E-state index contributed by atoms with van der Waals surface area (Å²) in [6.07, 6.45) is 0.831. The second kappa shape index (κ2) is 7.78. The van der Waals surface area contributed by atoms with Crippen molar-refractivity contribution >= 4 is 29.2 Å². The molecule has 0 saturated carbocycles. The molecule has 1 rings (SSSR count). The van der Waals surface area contributed by atoms with Gasteiger partial charge in [-0.25, -0.2) is 0 Å². The fourth-order valence-corrected chi connectivity index (χ4v) is 2.85. The van der Waals surface area contributed by atoms with E-state index in [0.717, 1.165) is 21.8 Å². The summed E-state index contributed by atoms with van der Waals surface area (Å²) in [5.74, 6) is -1.55. The molecule has 1 aromatic rings. The summed E-state index contributed by atoms with van der Waals surface area (Å²) in [5, 5.41) is 0. The van der Waals surface area contributed by atoms with Gasteiger partial charge in [-0.1, -0.05) is 6.92 Å². The number of aryl methyl sites for hydroxylation is 2. The predicted octanol–water partition coefficient (Wildman–Crippen LogP) is 1.41. The molecule has 0 aliphatic carbocycles. The summed E-state index contributed by atoms with van der Waals surface area (Å²) in [7, 11) is 2.46. The largest absolute Gasteiger partial charge is 0.468 e. The highest BCUT2D eigenvalue weighted by molar-refractivity contribution is 7.14. The first-order chi connectivity index (χ1) is 9.92. The Hall–Kier alpha value is -1.89. The van der Waals surface area contributed by atoms with Crippen LogP contribution in [-0.4, -0.2) is 50.1 Å². The average molecular weight is 313 g/mol. The molecule has 7 heteroatoms. The van der Waals surface area contributed by atoms with Crippen LogP contribution in [-0.2, 0) is 25.5 Å². The van der Waals surface area contributed by atoms with E-state index in [4.69, 9.17) is 0 Å². The number of ether oxygens (including phenoxy) is 2. The Balaban J connectivity index is 2.96. The highest BCUT2D eigenvalue weighted by Crippen LogP contribution is 2.23. The van der Waals surface area contributed by atoms with E-state index in [1.54, 1.807) is 6.07 Å². The lowest BCUT2D eigenvalue weighted by atomic mass is 10.2. The Morgan fingerprint density at radius 2 is 1.67 bits per heavy atom. The fraction of sp³-hybridized carbons (Fsp3) is 0.500. The third-order valence-corrected chi connectivity index (χ3v) is 4.30. The first-order valence-electron chi connectivity index (χ1n) is 6.45. The summed E-state index contributed by atoms with van der Waals surface area (Å²) >= 11 is 1.37. The second-order valence-electron chi connectivity index (χ2n) is 4.38. The second-order valence-corrected chi connectivity index (χ2v) is 5.52. The van der Waals surface area contributed by atoms with Crippen LogP contribution in [0.3, 0.4) is 0 Å². The average Bonchev–Trinajstić information content (AvgIpc) is 2.86. The Labute approximate surface area is 127 Å². The number of amides is 1. The molecule has 1 amide bonds. The van der Waals surface area contributed by atoms with Gasteiger partial charge in [0.15, 0.2) is 0 Å². The summed E-state index contributed by atoms with van der Waals surface area (Å²) in [6, 6.07) is 1.77. The maximum Gasteiger partial charge on any atom is 0.325 e. The lowest BCUT2D eigenvalue weighted by Gasteiger charge is -2.19. The van der Waals surface area contributed by atoms with Crippen LogP contribution in [0, 0.1) is 6.92 Å². The van der Waals surface area contributed by atoms with E-state index in [9.17, 15) is 14.4 Å². The molecule has 116 valence electrons. The van der Waals surface area contributed by atoms with Gasteiger partial charge in [0.25, 0.3) is 5.91 Å². The fourth-order valence-electron chi connectivity index (χ4n) is 1.77. The number of rotatable bonds is 6. The van der Waals surface area contributed by atoms with Crippen molar-refractivity contribution in [3.05, 3.63) is 21.4 Å². The van der Waals surface area contributed by atoms with E-state index in [0.29, 0.717) is 4.88 Å². The van der Waals surface area contributed by atoms with Crippen molar-refractivity contribution in [1.29, 1.82) is 0 Å². The number of carbonyl (C=O) groups excluding carboxylic acids is 3. The van der Waals surface area contributed by atoms with E-state index in [1.807, 2.05) is 13.8 Å². The molecule has 0 atom stereocenters. The van der Waals surface area contributed by atoms with Crippen molar-refractivity contribution in [1.82, 2.24) is 4.90 Å². The minimum Gasteiger partial charge on any atom is -0.468 e. The van der Waals surface area contributed by atoms with Gasteiger partial charge >= 0.3 is 11.9 Å². The Kier molecular flexibility index (Phi) is 6.36. The molecule has 0 bridgehead atoms. The molecule has 0 aliphatic rings. The number of carbonyl (C=O) groups is 3. The molecule has 0 N–H and O–H groups in total. The van der Waals surface area contributed by atoms with Crippen LogP contribution in [0.25, 0.3) is 0 Å². The molecule has 21 heavy (non-hydrogen) atoms. The van der Waals surface area contributed by atoms with Crippen LogP contribution in [0.4, 0.5) is 0 Å². The minimum absolute atomic E-state index is 0.289. The van der Waals surface area contributed by atoms with E-state index in [1.165, 1.54) is 25.6 Å². The summed E-state index contributed by atoms with van der Waals surface area (Å²) in [6.45, 7) is 3.36. The smallest absolute Gasteiger partial charge is 0.325 e. The van der Waals surface area contributed by atoms with Crippen LogP contribution in [0.1, 0.15) is 27.0 Å². The molecular formula is C14H19NO5S. The number of hydrogen-bond donors (Lipinski definition) is 0. The van der Waals surface area contributed by atoms with Crippen molar-refractivity contribution in [2.45, 2.75) is 20.3 Å². The van der Waals surface area contributed by atoms with Crippen LogP contribution in [0.5, 0.6) is 0 Å². The van der Waals surface area contributed by atoms with E-state index >= 15 is 0 Å². The lowest BCUT2D eigenvalue weighted by molar-refractivity contribution is -0.144. The number of methoxy groups -OCH3 is 2. The monoisotopic (exact) mass is 313 g/mol. The zero-order valence-corrected chi connectivity index (χ0v) is 13.4. The molecule has 0 spiro atoms.